The first-order valence-electron chi connectivity index (χ1n) is 11.4. The van der Waals surface area contributed by atoms with Gasteiger partial charge in [-0.1, -0.05) is 24.6 Å². The van der Waals surface area contributed by atoms with Gasteiger partial charge in [0.25, 0.3) is 5.91 Å². The van der Waals surface area contributed by atoms with Gasteiger partial charge in [0.15, 0.2) is 0 Å². The molecule has 0 spiro atoms. The first-order chi connectivity index (χ1) is 15.3. The summed E-state index contributed by atoms with van der Waals surface area (Å²) >= 11 is 0. The molecule has 7 heteroatoms. The number of rotatable bonds is 7. The number of benzene rings is 2. The molecule has 0 aromatic heterocycles. The lowest BCUT2D eigenvalue weighted by Crippen LogP contribution is -2.42. The van der Waals surface area contributed by atoms with E-state index in [2.05, 4.69) is 5.32 Å². The molecule has 2 aromatic carbocycles. The van der Waals surface area contributed by atoms with Crippen LogP contribution in [0.1, 0.15) is 66.6 Å². The van der Waals surface area contributed by atoms with Gasteiger partial charge in [-0.25, -0.2) is 8.42 Å². The highest BCUT2D eigenvalue weighted by atomic mass is 32.2. The highest BCUT2D eigenvalue weighted by Gasteiger charge is 2.35. The van der Waals surface area contributed by atoms with E-state index in [1.54, 1.807) is 29.6 Å². The molecule has 1 aliphatic carbocycles. The van der Waals surface area contributed by atoms with Crippen molar-refractivity contribution in [3.05, 3.63) is 59.2 Å². The number of hydrogen-bond donors (Lipinski definition) is 1. The average molecular weight is 457 g/mol. The minimum atomic E-state index is -3.64. The maximum absolute atomic E-state index is 13.3. The maximum atomic E-state index is 13.3. The van der Waals surface area contributed by atoms with Crippen molar-refractivity contribution in [2.24, 2.45) is 5.92 Å². The van der Waals surface area contributed by atoms with E-state index in [9.17, 15) is 13.2 Å². The Kier molecular flexibility index (Phi) is 6.58. The summed E-state index contributed by atoms with van der Waals surface area (Å²) in [5.74, 6) is 0.933. The van der Waals surface area contributed by atoms with Gasteiger partial charge in [-0.15, -0.1) is 0 Å². The van der Waals surface area contributed by atoms with Gasteiger partial charge in [0.2, 0.25) is 10.0 Å². The molecule has 2 aliphatic rings. The lowest BCUT2D eigenvalue weighted by Gasteiger charge is -2.32. The second-order valence-corrected chi connectivity index (χ2v) is 10.9. The minimum Gasteiger partial charge on any atom is -0.497 e. The van der Waals surface area contributed by atoms with Crippen LogP contribution < -0.4 is 10.1 Å². The summed E-state index contributed by atoms with van der Waals surface area (Å²) in [6.07, 6.45) is 4.91. The first kappa shape index (κ1) is 22.8. The van der Waals surface area contributed by atoms with Crippen molar-refractivity contribution in [3.63, 3.8) is 0 Å². The largest absolute Gasteiger partial charge is 0.497 e. The normalized spacial score (nSPS) is 20.5. The predicted molar refractivity (Wildman–Crippen MR) is 124 cm³/mol. The number of piperidine rings is 1. The van der Waals surface area contributed by atoms with Crippen LogP contribution in [0.4, 0.5) is 0 Å². The molecule has 1 saturated carbocycles. The number of hydrogen-bond acceptors (Lipinski definition) is 4. The molecule has 1 amide bonds. The predicted octanol–water partition coefficient (Wildman–Crippen LogP) is 4.45. The van der Waals surface area contributed by atoms with Crippen molar-refractivity contribution in [1.82, 2.24) is 9.62 Å². The van der Waals surface area contributed by atoms with Crippen LogP contribution in [-0.4, -0.2) is 38.3 Å². The number of ether oxygens (including phenoxy) is 1. The zero-order valence-corrected chi connectivity index (χ0v) is 19.8. The van der Waals surface area contributed by atoms with Crippen molar-refractivity contribution >= 4 is 15.9 Å². The van der Waals surface area contributed by atoms with Crippen LogP contribution in [0.15, 0.2) is 47.4 Å². The van der Waals surface area contributed by atoms with Crippen molar-refractivity contribution in [2.45, 2.75) is 62.9 Å². The number of methoxy groups -OCH3 is 1. The monoisotopic (exact) mass is 456 g/mol. The molecule has 2 aromatic rings. The van der Waals surface area contributed by atoms with Gasteiger partial charge in [-0.2, -0.15) is 4.31 Å². The molecule has 2 fully saturated rings. The summed E-state index contributed by atoms with van der Waals surface area (Å²) in [5, 5.41) is 3.17. The van der Waals surface area contributed by atoms with Gasteiger partial charge >= 0.3 is 0 Å². The molecule has 1 heterocycles. The Morgan fingerprint density at radius 3 is 2.44 bits per heavy atom. The molecule has 4 rings (SSSR count). The SMILES string of the molecule is COc1ccc(C(NC(=O)c2cc(S(=O)(=O)N3CCCCC3C)ccc2C)C2CC2)cc1. The van der Waals surface area contributed by atoms with E-state index in [1.807, 2.05) is 38.1 Å². The van der Waals surface area contributed by atoms with Crippen molar-refractivity contribution < 1.29 is 17.9 Å². The summed E-state index contributed by atoms with van der Waals surface area (Å²) in [6, 6.07) is 12.5. The smallest absolute Gasteiger partial charge is 0.252 e. The van der Waals surface area contributed by atoms with Crippen LogP contribution >= 0.6 is 0 Å². The average Bonchev–Trinajstić information content (AvgIpc) is 3.63. The van der Waals surface area contributed by atoms with E-state index < -0.39 is 10.0 Å². The van der Waals surface area contributed by atoms with Crippen LogP contribution in [0, 0.1) is 12.8 Å². The maximum Gasteiger partial charge on any atom is 0.252 e. The summed E-state index contributed by atoms with van der Waals surface area (Å²) in [5.41, 5.74) is 2.21. The fourth-order valence-corrected chi connectivity index (χ4v) is 6.23. The highest BCUT2D eigenvalue weighted by molar-refractivity contribution is 7.89. The number of sulfonamides is 1. The summed E-state index contributed by atoms with van der Waals surface area (Å²) in [4.78, 5) is 13.5. The Hall–Kier alpha value is -2.38. The van der Waals surface area contributed by atoms with Gasteiger partial charge in [0, 0.05) is 18.2 Å². The Morgan fingerprint density at radius 2 is 1.81 bits per heavy atom. The first-order valence-corrected chi connectivity index (χ1v) is 12.8. The number of nitrogens with one attached hydrogen (secondary N) is 1. The molecular formula is C25H32N2O4S. The third kappa shape index (κ3) is 4.69. The molecule has 2 atom stereocenters. The van der Waals surface area contributed by atoms with Gasteiger partial charge in [0.05, 0.1) is 18.0 Å². The van der Waals surface area contributed by atoms with Crippen LogP contribution in [0.5, 0.6) is 5.75 Å². The third-order valence-electron chi connectivity index (χ3n) is 6.66. The Balaban J connectivity index is 1.59. The van der Waals surface area contributed by atoms with E-state index in [4.69, 9.17) is 4.74 Å². The quantitative estimate of drug-likeness (QED) is 0.668. The van der Waals surface area contributed by atoms with Crippen LogP contribution in [0.25, 0.3) is 0 Å². The molecule has 1 aliphatic heterocycles. The molecule has 1 saturated heterocycles. The molecule has 172 valence electrons. The zero-order chi connectivity index (χ0) is 22.9. The lowest BCUT2D eigenvalue weighted by atomic mass is 10.0. The second-order valence-electron chi connectivity index (χ2n) is 9.00. The number of aryl methyl sites for hydroxylation is 1. The number of nitrogens with zero attached hydrogens (tertiary/aromatic N) is 1. The zero-order valence-electron chi connectivity index (χ0n) is 19.0. The van der Waals surface area contributed by atoms with Gasteiger partial charge in [-0.3, -0.25) is 4.79 Å². The van der Waals surface area contributed by atoms with Crippen LogP contribution in [-0.2, 0) is 10.0 Å². The number of carbonyl (C=O) groups excluding carboxylic acids is 1. The lowest BCUT2D eigenvalue weighted by molar-refractivity contribution is 0.0931. The number of amides is 1. The third-order valence-corrected chi connectivity index (χ3v) is 8.67. The Bertz CT molecular complexity index is 1080. The second kappa shape index (κ2) is 9.24. The summed E-state index contributed by atoms with van der Waals surface area (Å²) in [7, 11) is -2.01. The molecule has 0 radical (unpaired) electrons. The highest BCUT2D eigenvalue weighted by Crippen LogP contribution is 2.41. The summed E-state index contributed by atoms with van der Waals surface area (Å²) < 4.78 is 33.4. The van der Waals surface area contributed by atoms with Crippen LogP contribution in [0.3, 0.4) is 0 Å². The Morgan fingerprint density at radius 1 is 1.09 bits per heavy atom. The molecule has 0 bridgehead atoms. The Labute approximate surface area is 191 Å². The van der Waals surface area contributed by atoms with E-state index in [-0.39, 0.29) is 22.9 Å². The minimum absolute atomic E-state index is 0.0263. The van der Waals surface area contributed by atoms with E-state index >= 15 is 0 Å². The molecule has 32 heavy (non-hydrogen) atoms. The van der Waals surface area contributed by atoms with E-state index in [0.29, 0.717) is 18.0 Å². The van der Waals surface area contributed by atoms with Crippen molar-refractivity contribution in [3.8, 4) is 5.75 Å². The van der Waals surface area contributed by atoms with Crippen molar-refractivity contribution in [2.75, 3.05) is 13.7 Å². The molecular weight excluding hydrogens is 424 g/mol. The van der Waals surface area contributed by atoms with E-state index in [1.165, 1.54) is 0 Å². The van der Waals surface area contributed by atoms with Crippen LogP contribution in [0.2, 0.25) is 0 Å². The van der Waals surface area contributed by atoms with E-state index in [0.717, 1.165) is 49.0 Å². The van der Waals surface area contributed by atoms with Crippen molar-refractivity contribution in [1.29, 1.82) is 0 Å². The summed E-state index contributed by atoms with van der Waals surface area (Å²) in [6.45, 7) is 4.32. The molecule has 2 unspecified atom stereocenters. The fraction of sp³-hybridized carbons (Fsp3) is 0.480. The topological polar surface area (TPSA) is 75.7 Å². The van der Waals surface area contributed by atoms with Gasteiger partial charge < -0.3 is 10.1 Å². The number of carbonyl (C=O) groups is 1. The standard InChI is InChI=1S/C25H32N2O4S/c1-17-7-14-22(32(29,30)27-15-5-4-6-18(27)2)16-23(17)25(28)26-24(19-8-9-19)20-10-12-21(31-3)13-11-20/h7,10-14,16,18-19,24H,4-6,8-9,15H2,1-3H3,(H,26,28). The van der Waals surface area contributed by atoms with Gasteiger partial charge in [-0.05, 0) is 80.8 Å². The fourth-order valence-electron chi connectivity index (χ4n) is 4.50. The van der Waals surface area contributed by atoms with Gasteiger partial charge in [0.1, 0.15) is 5.75 Å². The molecule has 6 nitrogen and oxygen atoms in total. The molecule has 1 N–H and O–H groups in total.